The Labute approximate surface area is 217 Å². The van der Waals surface area contributed by atoms with Crippen molar-refractivity contribution < 1.29 is 28.2 Å². The molecule has 0 saturated carbocycles. The summed E-state index contributed by atoms with van der Waals surface area (Å²) >= 11 is 5.71. The molecule has 0 fully saturated rings. The first-order valence-electron chi connectivity index (χ1n) is 11.2. The fraction of sp³-hybridized carbons (Fsp3) is 0.154. The van der Waals surface area contributed by atoms with E-state index in [0.29, 0.717) is 35.0 Å². The van der Waals surface area contributed by atoms with E-state index in [-0.39, 0.29) is 11.6 Å². The van der Waals surface area contributed by atoms with Crippen LogP contribution < -0.4 is 25.5 Å². The first-order valence-corrected chi connectivity index (χ1v) is 11.6. The van der Waals surface area contributed by atoms with E-state index in [1.54, 1.807) is 48.5 Å². The lowest BCUT2D eigenvalue weighted by Crippen LogP contribution is -2.32. The fourth-order valence-electron chi connectivity index (χ4n) is 2.89. The largest absolute Gasteiger partial charge is 0.494 e. The summed E-state index contributed by atoms with van der Waals surface area (Å²) in [5.74, 6) is -2.00. The number of ether oxygens (including phenoxy) is 2. The zero-order valence-corrected chi connectivity index (χ0v) is 20.5. The molecule has 0 bridgehead atoms. The van der Waals surface area contributed by atoms with Crippen LogP contribution in [0.5, 0.6) is 11.5 Å². The highest BCUT2D eigenvalue weighted by Gasteiger charge is 2.13. The van der Waals surface area contributed by atoms with Gasteiger partial charge in [0.2, 0.25) is 0 Å². The van der Waals surface area contributed by atoms with Crippen molar-refractivity contribution in [3.05, 3.63) is 83.1 Å². The summed E-state index contributed by atoms with van der Waals surface area (Å²) in [6, 6.07) is 17.0. The Balaban J connectivity index is 1.50. The van der Waals surface area contributed by atoms with Gasteiger partial charge in [0, 0.05) is 16.9 Å². The summed E-state index contributed by atoms with van der Waals surface area (Å²) in [7, 11) is 0. The van der Waals surface area contributed by atoms with Crippen LogP contribution in [0.2, 0.25) is 5.02 Å². The van der Waals surface area contributed by atoms with Crippen LogP contribution in [0.25, 0.3) is 0 Å². The Hall–Kier alpha value is -4.44. The van der Waals surface area contributed by atoms with Gasteiger partial charge in [0.05, 0.1) is 17.8 Å². The topological polar surface area (TPSA) is 118 Å². The molecule has 11 heteroatoms. The van der Waals surface area contributed by atoms with Crippen LogP contribution in [0.3, 0.4) is 0 Å². The second-order valence-corrected chi connectivity index (χ2v) is 7.94. The number of carbonyl (C=O) groups excluding carboxylic acids is 3. The highest BCUT2D eigenvalue weighted by Crippen LogP contribution is 2.20. The molecule has 3 aromatic rings. The highest BCUT2D eigenvalue weighted by atomic mass is 35.5. The monoisotopic (exact) mass is 526 g/mol. The lowest BCUT2D eigenvalue weighted by atomic mass is 10.2. The third-order valence-corrected chi connectivity index (χ3v) is 4.93. The van der Waals surface area contributed by atoms with Crippen molar-refractivity contribution in [3.63, 3.8) is 0 Å². The van der Waals surface area contributed by atoms with E-state index in [0.717, 1.165) is 12.5 Å². The van der Waals surface area contributed by atoms with Gasteiger partial charge in [-0.25, -0.2) is 9.82 Å². The van der Waals surface area contributed by atoms with Crippen molar-refractivity contribution in [2.24, 2.45) is 5.10 Å². The molecule has 0 heterocycles. The molecule has 3 amide bonds. The summed E-state index contributed by atoms with van der Waals surface area (Å²) in [6.07, 6.45) is 2.15. The van der Waals surface area contributed by atoms with Gasteiger partial charge in [-0.2, -0.15) is 5.10 Å². The van der Waals surface area contributed by atoms with Crippen molar-refractivity contribution in [2.45, 2.75) is 13.3 Å². The molecule has 0 aromatic heterocycles. The van der Waals surface area contributed by atoms with Gasteiger partial charge in [0.15, 0.2) is 6.61 Å². The van der Waals surface area contributed by atoms with E-state index in [4.69, 9.17) is 21.1 Å². The van der Waals surface area contributed by atoms with E-state index in [2.05, 4.69) is 21.2 Å². The molecular weight excluding hydrogens is 503 g/mol. The summed E-state index contributed by atoms with van der Waals surface area (Å²) in [5, 5.41) is 8.68. The maximum atomic E-state index is 13.3. The number of hydrazone groups is 1. The summed E-state index contributed by atoms with van der Waals surface area (Å²) in [4.78, 5) is 36.4. The molecule has 3 rings (SSSR count). The SMILES string of the molecule is CCCOc1ccc(NC(=O)C(=O)N/N=C\c2ccccc2OCC(=O)Nc2ccc(F)c(Cl)c2)cc1. The number of amides is 3. The average molecular weight is 527 g/mol. The van der Waals surface area contributed by atoms with Gasteiger partial charge in [-0.1, -0.05) is 30.7 Å². The third kappa shape index (κ3) is 8.62. The maximum Gasteiger partial charge on any atom is 0.329 e. The predicted octanol–water partition coefficient (Wildman–Crippen LogP) is 4.37. The number of anilines is 2. The Morgan fingerprint density at radius 3 is 2.41 bits per heavy atom. The molecule has 3 aromatic carbocycles. The molecule has 0 radical (unpaired) electrons. The van der Waals surface area contributed by atoms with Crippen LogP contribution in [-0.4, -0.2) is 37.1 Å². The van der Waals surface area contributed by atoms with Gasteiger partial charge in [-0.3, -0.25) is 14.4 Å². The fourth-order valence-corrected chi connectivity index (χ4v) is 3.07. The van der Waals surface area contributed by atoms with Crippen LogP contribution in [-0.2, 0) is 14.4 Å². The lowest BCUT2D eigenvalue weighted by molar-refractivity contribution is -0.136. The molecular formula is C26H24ClFN4O5. The van der Waals surface area contributed by atoms with Crippen LogP contribution in [0.15, 0.2) is 71.8 Å². The van der Waals surface area contributed by atoms with E-state index in [1.165, 1.54) is 18.3 Å². The standard InChI is InChI=1S/C26H24ClFN4O5/c1-2-13-36-20-10-7-18(8-11-20)31-25(34)26(35)32-29-15-17-5-3-4-6-23(17)37-16-24(33)30-19-9-12-22(28)21(27)14-19/h3-12,14-15H,2,13,16H2,1H3,(H,30,33)(H,31,34)(H,32,35)/b29-15-. The van der Waals surface area contributed by atoms with Gasteiger partial charge in [0.1, 0.15) is 17.3 Å². The molecule has 0 aliphatic heterocycles. The number of benzene rings is 3. The number of hydrogen-bond acceptors (Lipinski definition) is 6. The van der Waals surface area contributed by atoms with Crippen molar-refractivity contribution >= 4 is 46.9 Å². The second kappa shape index (κ2) is 13.6. The molecule has 0 spiro atoms. The number of rotatable bonds is 10. The van der Waals surface area contributed by atoms with E-state index < -0.39 is 23.5 Å². The first kappa shape index (κ1) is 27.2. The minimum atomic E-state index is -0.974. The van der Waals surface area contributed by atoms with Crippen molar-refractivity contribution in [1.29, 1.82) is 0 Å². The number of nitrogens with one attached hydrogen (secondary N) is 3. The van der Waals surface area contributed by atoms with Crippen molar-refractivity contribution in [1.82, 2.24) is 5.43 Å². The molecule has 37 heavy (non-hydrogen) atoms. The van der Waals surface area contributed by atoms with E-state index in [1.807, 2.05) is 6.92 Å². The summed E-state index contributed by atoms with van der Waals surface area (Å²) in [5.41, 5.74) is 3.33. The normalized spacial score (nSPS) is 10.6. The smallest absolute Gasteiger partial charge is 0.329 e. The van der Waals surface area contributed by atoms with Crippen molar-refractivity contribution in [2.75, 3.05) is 23.8 Å². The number of nitrogens with zero attached hydrogens (tertiary/aromatic N) is 1. The number of hydrogen-bond donors (Lipinski definition) is 3. The van der Waals surface area contributed by atoms with Crippen LogP contribution >= 0.6 is 11.6 Å². The van der Waals surface area contributed by atoms with Crippen molar-refractivity contribution in [3.8, 4) is 11.5 Å². The molecule has 0 aliphatic rings. The Morgan fingerprint density at radius 1 is 0.946 bits per heavy atom. The molecule has 9 nitrogen and oxygen atoms in total. The molecule has 0 saturated heterocycles. The van der Waals surface area contributed by atoms with Gasteiger partial charge in [-0.05, 0) is 61.0 Å². The van der Waals surface area contributed by atoms with Crippen LogP contribution in [0, 0.1) is 5.82 Å². The maximum absolute atomic E-state index is 13.3. The number of para-hydroxylation sites is 1. The second-order valence-electron chi connectivity index (χ2n) is 7.53. The summed E-state index contributed by atoms with van der Waals surface area (Å²) < 4.78 is 24.3. The Morgan fingerprint density at radius 2 is 1.68 bits per heavy atom. The lowest BCUT2D eigenvalue weighted by Gasteiger charge is -2.10. The molecule has 192 valence electrons. The third-order valence-electron chi connectivity index (χ3n) is 4.64. The summed E-state index contributed by atoms with van der Waals surface area (Å²) in [6.45, 7) is 2.23. The van der Waals surface area contributed by atoms with Gasteiger partial charge in [0.25, 0.3) is 5.91 Å². The Bertz CT molecular complexity index is 1280. The zero-order valence-electron chi connectivity index (χ0n) is 19.8. The first-order chi connectivity index (χ1) is 17.9. The van der Waals surface area contributed by atoms with Crippen LogP contribution in [0.1, 0.15) is 18.9 Å². The number of carbonyl (C=O) groups is 3. The quantitative estimate of drug-likeness (QED) is 0.206. The van der Waals surface area contributed by atoms with Gasteiger partial charge in [-0.15, -0.1) is 0 Å². The minimum Gasteiger partial charge on any atom is -0.494 e. The molecule has 0 unspecified atom stereocenters. The van der Waals surface area contributed by atoms with Gasteiger partial charge >= 0.3 is 11.8 Å². The molecule has 0 atom stereocenters. The van der Waals surface area contributed by atoms with Crippen LogP contribution in [0.4, 0.5) is 15.8 Å². The Kier molecular flexibility index (Phi) is 9.98. The average Bonchev–Trinajstić information content (AvgIpc) is 2.89. The van der Waals surface area contributed by atoms with Gasteiger partial charge < -0.3 is 20.1 Å². The molecule has 0 aliphatic carbocycles. The van der Waals surface area contributed by atoms with E-state index >= 15 is 0 Å². The highest BCUT2D eigenvalue weighted by molar-refractivity contribution is 6.39. The predicted molar refractivity (Wildman–Crippen MR) is 139 cm³/mol. The zero-order chi connectivity index (χ0) is 26.6. The minimum absolute atomic E-state index is 0.120. The number of halogens is 2. The molecule has 3 N–H and O–H groups in total. The van der Waals surface area contributed by atoms with E-state index in [9.17, 15) is 18.8 Å².